The molecule has 2 aliphatic rings. The van der Waals surface area contributed by atoms with Gasteiger partial charge in [0.1, 0.15) is 11.7 Å². The molecule has 4 nitrogen and oxygen atoms in total. The maximum absolute atomic E-state index is 13.1. The van der Waals surface area contributed by atoms with Gasteiger partial charge in [-0.25, -0.2) is 0 Å². The molecule has 2 aliphatic heterocycles. The van der Waals surface area contributed by atoms with E-state index < -0.39 is 11.6 Å². The van der Waals surface area contributed by atoms with Crippen molar-refractivity contribution in [1.29, 1.82) is 0 Å². The van der Waals surface area contributed by atoms with Gasteiger partial charge in [-0.1, -0.05) is 45.7 Å². The van der Waals surface area contributed by atoms with Crippen LogP contribution in [0.15, 0.2) is 53.0 Å². The van der Waals surface area contributed by atoms with E-state index >= 15 is 0 Å². The second-order valence-electron chi connectivity index (χ2n) is 7.43. The van der Waals surface area contributed by atoms with Crippen LogP contribution in [0, 0.1) is 5.92 Å². The monoisotopic (exact) mass is 459 g/mol. The Labute approximate surface area is 177 Å². The number of benzene rings is 2. The molecule has 6 heteroatoms. The number of piperidine rings is 1. The molecule has 144 valence electrons. The highest BCUT2D eigenvalue weighted by Gasteiger charge is 2.54. The number of ether oxygens (including phenoxy) is 1. The number of rotatable bonds is 3. The van der Waals surface area contributed by atoms with Crippen molar-refractivity contribution < 1.29 is 14.3 Å². The zero-order valence-electron chi connectivity index (χ0n) is 15.5. The minimum Gasteiger partial charge on any atom is -0.468 e. The van der Waals surface area contributed by atoms with E-state index in [9.17, 15) is 9.59 Å². The van der Waals surface area contributed by atoms with E-state index in [4.69, 9.17) is 16.3 Å². The standard InChI is InChI=1S/C22H19BrClNO3/c1-22-12-17(16-11-15(24)8-10-19(16)28-22)20(21(27)25(22)2)18(26)9-5-13-3-6-14(23)7-4-13/h3-11,17,20H,12H2,1-2H3. The summed E-state index contributed by atoms with van der Waals surface area (Å²) in [6, 6.07) is 13.0. The quantitative estimate of drug-likeness (QED) is 0.475. The van der Waals surface area contributed by atoms with Gasteiger partial charge in [0.2, 0.25) is 5.91 Å². The van der Waals surface area contributed by atoms with E-state index in [-0.39, 0.29) is 17.6 Å². The van der Waals surface area contributed by atoms with E-state index in [0.717, 1.165) is 15.6 Å². The molecule has 0 radical (unpaired) electrons. The topological polar surface area (TPSA) is 46.6 Å². The third-order valence-corrected chi connectivity index (χ3v) is 6.39. The first-order valence-electron chi connectivity index (χ1n) is 9.02. The molecule has 0 aromatic heterocycles. The predicted molar refractivity (Wildman–Crippen MR) is 112 cm³/mol. The maximum Gasteiger partial charge on any atom is 0.236 e. The molecule has 2 aromatic rings. The fourth-order valence-electron chi connectivity index (χ4n) is 3.99. The van der Waals surface area contributed by atoms with Gasteiger partial charge in [-0.2, -0.15) is 0 Å². The number of amides is 1. The normalized spacial score (nSPS) is 26.1. The van der Waals surface area contributed by atoms with Crippen molar-refractivity contribution in [2.24, 2.45) is 5.92 Å². The van der Waals surface area contributed by atoms with Crippen LogP contribution in [0.5, 0.6) is 5.75 Å². The van der Waals surface area contributed by atoms with Gasteiger partial charge < -0.3 is 9.64 Å². The lowest BCUT2D eigenvalue weighted by Crippen LogP contribution is -2.62. The average molecular weight is 461 g/mol. The molecule has 0 N–H and O–H groups in total. The van der Waals surface area contributed by atoms with Crippen LogP contribution in [-0.2, 0) is 9.59 Å². The minimum absolute atomic E-state index is 0.209. The summed E-state index contributed by atoms with van der Waals surface area (Å²) in [6.45, 7) is 1.88. The summed E-state index contributed by atoms with van der Waals surface area (Å²) in [5, 5.41) is 0.564. The number of halogens is 2. The lowest BCUT2D eigenvalue weighted by Gasteiger charge is -2.51. The van der Waals surface area contributed by atoms with Crippen molar-refractivity contribution in [3.63, 3.8) is 0 Å². The first-order valence-corrected chi connectivity index (χ1v) is 10.2. The highest BCUT2D eigenvalue weighted by molar-refractivity contribution is 9.10. The second kappa shape index (κ2) is 7.05. The zero-order valence-corrected chi connectivity index (χ0v) is 17.8. The summed E-state index contributed by atoms with van der Waals surface area (Å²) >= 11 is 9.57. The number of allylic oxidation sites excluding steroid dienone is 1. The molecular weight excluding hydrogens is 442 g/mol. The van der Waals surface area contributed by atoms with Gasteiger partial charge in [0.15, 0.2) is 11.5 Å². The zero-order chi connectivity index (χ0) is 20.1. The molecule has 2 bridgehead atoms. The van der Waals surface area contributed by atoms with Gasteiger partial charge in [-0.3, -0.25) is 9.59 Å². The van der Waals surface area contributed by atoms with Crippen LogP contribution >= 0.6 is 27.5 Å². The minimum atomic E-state index is -0.786. The van der Waals surface area contributed by atoms with Gasteiger partial charge >= 0.3 is 0 Å². The number of carbonyl (C=O) groups excluding carboxylic acids is 2. The number of carbonyl (C=O) groups is 2. The lowest BCUT2D eigenvalue weighted by atomic mass is 9.72. The summed E-state index contributed by atoms with van der Waals surface area (Å²) < 4.78 is 7.08. The molecule has 0 aliphatic carbocycles. The first-order chi connectivity index (χ1) is 13.3. The number of nitrogens with zero attached hydrogens (tertiary/aromatic N) is 1. The van der Waals surface area contributed by atoms with Gasteiger partial charge in [0.05, 0.1) is 0 Å². The van der Waals surface area contributed by atoms with Crippen molar-refractivity contribution in [3.05, 3.63) is 69.2 Å². The fraction of sp³-hybridized carbons (Fsp3) is 0.273. The number of ketones is 1. The van der Waals surface area contributed by atoms with Crippen molar-refractivity contribution in [3.8, 4) is 5.75 Å². The van der Waals surface area contributed by atoms with Crippen molar-refractivity contribution >= 4 is 45.3 Å². The highest BCUT2D eigenvalue weighted by atomic mass is 79.9. The molecular formula is C22H19BrClNO3. The Morgan fingerprint density at radius 1 is 1.29 bits per heavy atom. The van der Waals surface area contributed by atoms with Crippen LogP contribution < -0.4 is 4.74 Å². The van der Waals surface area contributed by atoms with Crippen LogP contribution in [-0.4, -0.2) is 29.4 Å². The van der Waals surface area contributed by atoms with Crippen LogP contribution in [0.25, 0.3) is 6.08 Å². The van der Waals surface area contributed by atoms with Crippen LogP contribution in [0.2, 0.25) is 5.02 Å². The molecule has 28 heavy (non-hydrogen) atoms. The molecule has 0 spiro atoms. The SMILES string of the molecule is CN1C(=O)C(C(=O)C=Cc2ccc(Br)cc2)C2CC1(C)Oc1ccc(Cl)cc12. The van der Waals surface area contributed by atoms with E-state index in [0.29, 0.717) is 17.2 Å². The Morgan fingerprint density at radius 3 is 2.71 bits per heavy atom. The molecule has 0 saturated carbocycles. The van der Waals surface area contributed by atoms with Crippen molar-refractivity contribution in [2.75, 3.05) is 7.05 Å². The molecule has 1 fully saturated rings. The summed E-state index contributed by atoms with van der Waals surface area (Å²) in [6.07, 6.45) is 3.79. The lowest BCUT2D eigenvalue weighted by molar-refractivity contribution is -0.170. The molecule has 2 heterocycles. The third kappa shape index (κ3) is 3.27. The molecule has 2 aromatic carbocycles. The Bertz CT molecular complexity index is 988. The smallest absolute Gasteiger partial charge is 0.236 e. The van der Waals surface area contributed by atoms with Crippen LogP contribution in [0.3, 0.4) is 0 Å². The van der Waals surface area contributed by atoms with Crippen molar-refractivity contribution in [2.45, 2.75) is 25.0 Å². The summed E-state index contributed by atoms with van der Waals surface area (Å²) in [4.78, 5) is 27.7. The summed E-state index contributed by atoms with van der Waals surface area (Å²) in [5.74, 6) is -0.809. The van der Waals surface area contributed by atoms with Gasteiger partial charge in [0, 0.05) is 34.4 Å². The van der Waals surface area contributed by atoms with Gasteiger partial charge in [0.25, 0.3) is 0 Å². The van der Waals surface area contributed by atoms with Gasteiger partial charge in [-0.05, 0) is 48.9 Å². The molecule has 1 saturated heterocycles. The Kier molecular flexibility index (Phi) is 4.84. The molecule has 1 amide bonds. The van der Waals surface area contributed by atoms with E-state index in [1.54, 1.807) is 30.2 Å². The number of hydrogen-bond donors (Lipinski definition) is 0. The van der Waals surface area contributed by atoms with Crippen LogP contribution in [0.1, 0.15) is 30.4 Å². The highest BCUT2D eigenvalue weighted by Crippen LogP contribution is 2.50. The van der Waals surface area contributed by atoms with Gasteiger partial charge in [-0.15, -0.1) is 0 Å². The molecule has 4 rings (SSSR count). The van der Waals surface area contributed by atoms with Crippen LogP contribution in [0.4, 0.5) is 0 Å². The summed E-state index contributed by atoms with van der Waals surface area (Å²) in [5.41, 5.74) is 0.949. The molecule has 3 unspecified atom stereocenters. The number of likely N-dealkylation sites (tertiary alicyclic amines) is 1. The Hall–Kier alpha value is -2.11. The largest absolute Gasteiger partial charge is 0.468 e. The summed E-state index contributed by atoms with van der Waals surface area (Å²) in [7, 11) is 1.69. The van der Waals surface area contributed by atoms with Crippen molar-refractivity contribution in [1.82, 2.24) is 4.90 Å². The average Bonchev–Trinajstić information content (AvgIpc) is 2.66. The van der Waals surface area contributed by atoms with E-state index in [1.165, 1.54) is 6.08 Å². The predicted octanol–water partition coefficient (Wildman–Crippen LogP) is 5.06. The fourth-order valence-corrected chi connectivity index (χ4v) is 4.44. The number of hydrogen-bond acceptors (Lipinski definition) is 3. The first kappa shape index (κ1) is 19.2. The van der Waals surface area contributed by atoms with E-state index in [1.807, 2.05) is 37.3 Å². The van der Waals surface area contributed by atoms with E-state index in [2.05, 4.69) is 15.9 Å². The maximum atomic E-state index is 13.1. The third-order valence-electron chi connectivity index (χ3n) is 5.62. The second-order valence-corrected chi connectivity index (χ2v) is 8.78. The Morgan fingerprint density at radius 2 is 2.00 bits per heavy atom. The number of fused-ring (bicyclic) bond motifs is 4. The Balaban J connectivity index is 1.70. The molecule has 3 atom stereocenters.